The van der Waals surface area contributed by atoms with E-state index in [9.17, 15) is 4.79 Å². The molecule has 0 aliphatic rings. The first-order valence-electron chi connectivity index (χ1n) is 9.78. The number of nitrogens with one attached hydrogen (secondary N) is 1. The maximum atomic E-state index is 12.8. The van der Waals surface area contributed by atoms with Gasteiger partial charge in [0.15, 0.2) is 5.82 Å². The van der Waals surface area contributed by atoms with Gasteiger partial charge in [0.25, 0.3) is 5.91 Å². The zero-order valence-corrected chi connectivity index (χ0v) is 16.9. The molecular formula is C24H22N4O2. The molecule has 0 aliphatic heterocycles. The molecule has 4 aromatic rings. The van der Waals surface area contributed by atoms with Crippen LogP contribution in [-0.2, 0) is 0 Å². The highest BCUT2D eigenvalue weighted by molar-refractivity contribution is 6.01. The second-order valence-corrected chi connectivity index (χ2v) is 6.79. The highest BCUT2D eigenvalue weighted by atomic mass is 16.5. The summed E-state index contributed by atoms with van der Waals surface area (Å²) < 4.78 is 7.13. The minimum atomic E-state index is -0.372. The molecule has 0 atom stereocenters. The molecule has 1 heterocycles. The van der Waals surface area contributed by atoms with Crippen LogP contribution in [0.15, 0.2) is 78.9 Å². The Hall–Kier alpha value is -3.93. The zero-order chi connectivity index (χ0) is 20.9. The predicted molar refractivity (Wildman–Crippen MR) is 117 cm³/mol. The number of hydrogen-bond donors (Lipinski definition) is 1. The first kappa shape index (κ1) is 19.4. The van der Waals surface area contributed by atoms with E-state index in [4.69, 9.17) is 4.74 Å². The Labute approximate surface area is 175 Å². The van der Waals surface area contributed by atoms with Gasteiger partial charge in [0.1, 0.15) is 5.75 Å². The van der Waals surface area contributed by atoms with Crippen molar-refractivity contribution in [2.24, 2.45) is 0 Å². The van der Waals surface area contributed by atoms with Gasteiger partial charge in [0, 0.05) is 11.3 Å². The van der Waals surface area contributed by atoms with Crippen LogP contribution in [0.25, 0.3) is 17.1 Å². The molecule has 0 saturated carbocycles. The van der Waals surface area contributed by atoms with E-state index in [0.29, 0.717) is 18.1 Å². The number of aryl methyl sites for hydroxylation is 1. The van der Waals surface area contributed by atoms with Crippen molar-refractivity contribution < 1.29 is 9.53 Å². The number of anilines is 1. The third-order valence-electron chi connectivity index (χ3n) is 4.51. The number of amides is 1. The molecule has 0 saturated heterocycles. The van der Waals surface area contributed by atoms with Crippen molar-refractivity contribution >= 4 is 11.6 Å². The molecule has 3 aromatic carbocycles. The first-order chi connectivity index (χ1) is 14.6. The van der Waals surface area contributed by atoms with Crippen LogP contribution < -0.4 is 10.1 Å². The van der Waals surface area contributed by atoms with Crippen LogP contribution in [0.2, 0.25) is 0 Å². The molecule has 0 unspecified atom stereocenters. The van der Waals surface area contributed by atoms with Crippen molar-refractivity contribution in [2.45, 2.75) is 13.8 Å². The molecule has 6 nitrogen and oxygen atoms in total. The fraction of sp³-hybridized carbons (Fsp3) is 0.125. The number of carbonyl (C=O) groups is 1. The average molecular weight is 398 g/mol. The van der Waals surface area contributed by atoms with Gasteiger partial charge in [-0.25, -0.2) is 9.67 Å². The average Bonchev–Trinajstić information content (AvgIpc) is 3.22. The summed E-state index contributed by atoms with van der Waals surface area (Å²) in [5.41, 5.74) is 3.49. The Bertz CT molecular complexity index is 1150. The third-order valence-corrected chi connectivity index (χ3v) is 4.51. The van der Waals surface area contributed by atoms with Crippen LogP contribution in [0, 0.1) is 6.92 Å². The molecule has 1 aromatic heterocycles. The maximum absolute atomic E-state index is 12.8. The fourth-order valence-electron chi connectivity index (χ4n) is 3.12. The Balaban J connectivity index is 1.67. The Kier molecular flexibility index (Phi) is 5.57. The number of carbonyl (C=O) groups excluding carboxylic acids is 1. The van der Waals surface area contributed by atoms with E-state index in [2.05, 4.69) is 15.4 Å². The van der Waals surface area contributed by atoms with Crippen LogP contribution in [0.1, 0.15) is 23.1 Å². The Morgan fingerprint density at radius 1 is 1.00 bits per heavy atom. The lowest BCUT2D eigenvalue weighted by Gasteiger charge is -2.06. The number of nitrogens with zero attached hydrogens (tertiary/aromatic N) is 3. The number of rotatable bonds is 6. The van der Waals surface area contributed by atoms with Crippen molar-refractivity contribution in [2.75, 3.05) is 11.9 Å². The Morgan fingerprint density at radius 2 is 1.77 bits per heavy atom. The second-order valence-electron chi connectivity index (χ2n) is 6.79. The third kappa shape index (κ3) is 4.22. The van der Waals surface area contributed by atoms with Crippen molar-refractivity contribution in [1.29, 1.82) is 0 Å². The molecule has 0 bridgehead atoms. The largest absolute Gasteiger partial charge is 0.494 e. The van der Waals surface area contributed by atoms with E-state index in [0.717, 1.165) is 22.6 Å². The molecule has 0 fully saturated rings. The van der Waals surface area contributed by atoms with Crippen LogP contribution in [-0.4, -0.2) is 27.3 Å². The number of para-hydroxylation sites is 1. The quantitative estimate of drug-likeness (QED) is 0.502. The Morgan fingerprint density at radius 3 is 2.47 bits per heavy atom. The van der Waals surface area contributed by atoms with Crippen LogP contribution in [0.5, 0.6) is 5.75 Å². The molecule has 0 aliphatic carbocycles. The van der Waals surface area contributed by atoms with Gasteiger partial charge in [-0.1, -0.05) is 42.0 Å². The van der Waals surface area contributed by atoms with Gasteiger partial charge >= 0.3 is 0 Å². The molecule has 4 rings (SSSR count). The summed E-state index contributed by atoms with van der Waals surface area (Å²) in [5, 5.41) is 7.35. The summed E-state index contributed by atoms with van der Waals surface area (Å²) in [5.74, 6) is 1.09. The summed E-state index contributed by atoms with van der Waals surface area (Å²) in [6.45, 7) is 4.54. The SMILES string of the molecule is CCOc1ccc(NC(=O)c2nc(-c3cccc(C)c3)n(-c3ccccc3)n2)cc1. The molecule has 150 valence electrons. The van der Waals surface area contributed by atoms with E-state index < -0.39 is 0 Å². The first-order valence-corrected chi connectivity index (χ1v) is 9.78. The van der Waals surface area contributed by atoms with Crippen molar-refractivity contribution in [3.8, 4) is 22.8 Å². The van der Waals surface area contributed by atoms with Crippen molar-refractivity contribution in [1.82, 2.24) is 14.8 Å². The van der Waals surface area contributed by atoms with Gasteiger partial charge in [0.2, 0.25) is 5.82 Å². The summed E-state index contributed by atoms with van der Waals surface area (Å²) >= 11 is 0. The summed E-state index contributed by atoms with van der Waals surface area (Å²) in [6.07, 6.45) is 0. The summed E-state index contributed by atoms with van der Waals surface area (Å²) in [6, 6.07) is 24.8. The fourth-order valence-corrected chi connectivity index (χ4v) is 3.12. The molecular weight excluding hydrogens is 376 g/mol. The number of ether oxygens (including phenoxy) is 1. The minimum absolute atomic E-state index is 0.101. The highest BCUT2D eigenvalue weighted by Gasteiger charge is 2.19. The van der Waals surface area contributed by atoms with Gasteiger partial charge < -0.3 is 10.1 Å². The lowest BCUT2D eigenvalue weighted by molar-refractivity contribution is 0.101. The highest BCUT2D eigenvalue weighted by Crippen LogP contribution is 2.23. The molecule has 1 amide bonds. The molecule has 6 heteroatoms. The maximum Gasteiger partial charge on any atom is 0.295 e. The van der Waals surface area contributed by atoms with Gasteiger partial charge in [-0.05, 0) is 56.3 Å². The van der Waals surface area contributed by atoms with Gasteiger partial charge in [-0.15, -0.1) is 5.10 Å². The standard InChI is InChI=1S/C24H22N4O2/c1-3-30-21-14-12-19(13-15-21)25-24(29)22-26-23(18-9-7-8-17(2)16-18)28(27-22)20-10-5-4-6-11-20/h4-16H,3H2,1-2H3,(H,25,29). The molecule has 30 heavy (non-hydrogen) atoms. The van der Waals surface area contributed by atoms with Crippen molar-refractivity contribution in [3.63, 3.8) is 0 Å². The van der Waals surface area contributed by atoms with E-state index in [-0.39, 0.29) is 11.7 Å². The van der Waals surface area contributed by atoms with Crippen molar-refractivity contribution in [3.05, 3.63) is 90.3 Å². The second kappa shape index (κ2) is 8.61. The number of benzene rings is 3. The predicted octanol–water partition coefficient (Wildman–Crippen LogP) is 4.89. The molecule has 1 N–H and O–H groups in total. The topological polar surface area (TPSA) is 69.0 Å². The van der Waals surface area contributed by atoms with Gasteiger partial charge in [-0.3, -0.25) is 4.79 Å². The van der Waals surface area contributed by atoms with Crippen LogP contribution >= 0.6 is 0 Å². The molecule has 0 radical (unpaired) electrons. The van der Waals surface area contributed by atoms with Gasteiger partial charge in [0.05, 0.1) is 12.3 Å². The van der Waals surface area contributed by atoms with Crippen LogP contribution in [0.3, 0.4) is 0 Å². The normalized spacial score (nSPS) is 10.6. The van der Waals surface area contributed by atoms with E-state index in [1.165, 1.54) is 0 Å². The molecule has 0 spiro atoms. The van der Waals surface area contributed by atoms with E-state index in [1.54, 1.807) is 16.8 Å². The lowest BCUT2D eigenvalue weighted by atomic mass is 10.1. The summed E-state index contributed by atoms with van der Waals surface area (Å²) in [7, 11) is 0. The van der Waals surface area contributed by atoms with Crippen LogP contribution in [0.4, 0.5) is 5.69 Å². The number of aromatic nitrogens is 3. The summed E-state index contributed by atoms with van der Waals surface area (Å²) in [4.78, 5) is 17.4. The lowest BCUT2D eigenvalue weighted by Crippen LogP contribution is -2.14. The zero-order valence-electron chi connectivity index (χ0n) is 16.9. The van der Waals surface area contributed by atoms with Gasteiger partial charge in [-0.2, -0.15) is 0 Å². The monoisotopic (exact) mass is 398 g/mol. The van der Waals surface area contributed by atoms with E-state index in [1.807, 2.05) is 80.6 Å². The number of hydrogen-bond acceptors (Lipinski definition) is 4. The van der Waals surface area contributed by atoms with E-state index >= 15 is 0 Å². The minimum Gasteiger partial charge on any atom is -0.494 e. The smallest absolute Gasteiger partial charge is 0.295 e.